The van der Waals surface area contributed by atoms with E-state index >= 15 is 0 Å². The summed E-state index contributed by atoms with van der Waals surface area (Å²) in [6, 6.07) is 7.72. The highest BCUT2D eigenvalue weighted by Gasteiger charge is 2.08. The van der Waals surface area contributed by atoms with Gasteiger partial charge in [-0.05, 0) is 24.3 Å². The standard InChI is InChI=1S/C14H12N2O5/c17-10-4-9(5-11(18)6-10)14(21)16-15-7-8-2-1-3-12(19)13(8)20/h1-7,17-20H,(H,16,21). The molecule has 0 unspecified atom stereocenters. The number of amides is 1. The van der Waals surface area contributed by atoms with E-state index in [1.165, 1.54) is 18.2 Å². The predicted molar refractivity (Wildman–Crippen MR) is 74.6 cm³/mol. The van der Waals surface area contributed by atoms with Crippen molar-refractivity contribution in [1.82, 2.24) is 5.43 Å². The van der Waals surface area contributed by atoms with Gasteiger partial charge < -0.3 is 20.4 Å². The fourth-order valence-corrected chi connectivity index (χ4v) is 1.60. The van der Waals surface area contributed by atoms with Gasteiger partial charge in [0.05, 0.1) is 6.21 Å². The number of nitrogens with one attached hydrogen (secondary N) is 1. The molecule has 0 saturated carbocycles. The highest BCUT2D eigenvalue weighted by Crippen LogP contribution is 2.26. The fraction of sp³-hybridized carbons (Fsp3) is 0. The number of phenols is 4. The molecule has 2 aromatic carbocycles. The van der Waals surface area contributed by atoms with Gasteiger partial charge in [0.25, 0.3) is 5.91 Å². The van der Waals surface area contributed by atoms with E-state index in [4.69, 9.17) is 0 Å². The lowest BCUT2D eigenvalue weighted by molar-refractivity contribution is 0.0954. The van der Waals surface area contributed by atoms with Gasteiger partial charge in [0.1, 0.15) is 11.5 Å². The highest BCUT2D eigenvalue weighted by atomic mass is 16.3. The highest BCUT2D eigenvalue weighted by molar-refractivity contribution is 5.96. The first-order valence-corrected chi connectivity index (χ1v) is 5.85. The van der Waals surface area contributed by atoms with Gasteiger partial charge in [-0.15, -0.1) is 0 Å². The van der Waals surface area contributed by atoms with Crippen LogP contribution in [0, 0.1) is 0 Å². The molecule has 0 fully saturated rings. The topological polar surface area (TPSA) is 122 Å². The van der Waals surface area contributed by atoms with Crippen molar-refractivity contribution in [2.75, 3.05) is 0 Å². The summed E-state index contributed by atoms with van der Waals surface area (Å²) < 4.78 is 0. The molecule has 1 amide bonds. The van der Waals surface area contributed by atoms with Crippen LogP contribution >= 0.6 is 0 Å². The minimum absolute atomic E-state index is 0.0183. The second-order valence-electron chi connectivity index (χ2n) is 4.15. The average Bonchev–Trinajstić information content (AvgIpc) is 2.42. The Bertz CT molecular complexity index is 692. The molecule has 21 heavy (non-hydrogen) atoms. The van der Waals surface area contributed by atoms with E-state index in [9.17, 15) is 25.2 Å². The van der Waals surface area contributed by atoms with Crippen molar-refractivity contribution in [3.05, 3.63) is 47.5 Å². The second kappa shape index (κ2) is 5.83. The molecule has 0 aliphatic heterocycles. The molecule has 2 aromatic rings. The van der Waals surface area contributed by atoms with Crippen LogP contribution in [0.4, 0.5) is 0 Å². The summed E-state index contributed by atoms with van der Waals surface area (Å²) >= 11 is 0. The number of hydrogen-bond acceptors (Lipinski definition) is 6. The molecule has 0 bridgehead atoms. The molecule has 0 radical (unpaired) electrons. The number of para-hydroxylation sites is 1. The number of benzene rings is 2. The maximum absolute atomic E-state index is 11.7. The number of phenolic OH excluding ortho intramolecular Hbond substituents is 4. The van der Waals surface area contributed by atoms with E-state index in [1.54, 1.807) is 0 Å². The van der Waals surface area contributed by atoms with Crippen LogP contribution in [-0.2, 0) is 0 Å². The molecule has 0 atom stereocenters. The van der Waals surface area contributed by atoms with Crippen LogP contribution in [0.5, 0.6) is 23.0 Å². The van der Waals surface area contributed by atoms with Crippen molar-refractivity contribution >= 4 is 12.1 Å². The summed E-state index contributed by atoms with van der Waals surface area (Å²) in [7, 11) is 0. The maximum Gasteiger partial charge on any atom is 0.271 e. The molecular weight excluding hydrogens is 276 g/mol. The van der Waals surface area contributed by atoms with E-state index < -0.39 is 5.91 Å². The van der Waals surface area contributed by atoms with Gasteiger partial charge in [-0.1, -0.05) is 6.07 Å². The average molecular weight is 288 g/mol. The molecular formula is C14H12N2O5. The lowest BCUT2D eigenvalue weighted by atomic mass is 10.2. The van der Waals surface area contributed by atoms with Gasteiger partial charge in [0, 0.05) is 17.2 Å². The largest absolute Gasteiger partial charge is 0.508 e. The first-order chi connectivity index (χ1) is 9.97. The Morgan fingerprint density at radius 1 is 1.05 bits per heavy atom. The van der Waals surface area contributed by atoms with Crippen LogP contribution in [0.1, 0.15) is 15.9 Å². The van der Waals surface area contributed by atoms with Gasteiger partial charge in [0.2, 0.25) is 0 Å². The third kappa shape index (κ3) is 3.41. The summed E-state index contributed by atoms with van der Waals surface area (Å²) in [6.45, 7) is 0. The van der Waals surface area contributed by atoms with Crippen molar-refractivity contribution in [1.29, 1.82) is 0 Å². The minimum Gasteiger partial charge on any atom is -0.508 e. The fourth-order valence-electron chi connectivity index (χ4n) is 1.60. The molecule has 0 aliphatic carbocycles. The molecule has 0 aromatic heterocycles. The van der Waals surface area contributed by atoms with Crippen LogP contribution < -0.4 is 5.43 Å². The van der Waals surface area contributed by atoms with Crippen LogP contribution in [-0.4, -0.2) is 32.5 Å². The lowest BCUT2D eigenvalue weighted by Gasteiger charge is -2.03. The van der Waals surface area contributed by atoms with Gasteiger partial charge in [-0.25, -0.2) is 5.43 Å². The summed E-state index contributed by atoms with van der Waals surface area (Å²) in [5.74, 6) is -1.82. The minimum atomic E-state index is -0.655. The summed E-state index contributed by atoms with van der Waals surface area (Å²) in [5, 5.41) is 41.0. The Kier molecular flexibility index (Phi) is 3.94. The monoisotopic (exact) mass is 288 g/mol. The van der Waals surface area contributed by atoms with Crippen molar-refractivity contribution in [2.45, 2.75) is 0 Å². The molecule has 108 valence electrons. The number of aromatic hydroxyl groups is 4. The molecule has 2 rings (SSSR count). The van der Waals surface area contributed by atoms with Gasteiger partial charge >= 0.3 is 0 Å². The van der Waals surface area contributed by atoms with Crippen molar-refractivity contribution in [3.63, 3.8) is 0 Å². The third-order valence-corrected chi connectivity index (χ3v) is 2.58. The van der Waals surface area contributed by atoms with Crippen molar-refractivity contribution in [2.24, 2.45) is 5.10 Å². The molecule has 0 heterocycles. The van der Waals surface area contributed by atoms with Gasteiger partial charge in [-0.3, -0.25) is 4.79 Å². The normalized spacial score (nSPS) is 10.7. The Balaban J connectivity index is 2.10. The zero-order valence-corrected chi connectivity index (χ0v) is 10.7. The molecule has 5 N–H and O–H groups in total. The number of rotatable bonds is 3. The summed E-state index contributed by atoms with van der Waals surface area (Å²) in [5.41, 5.74) is 2.40. The maximum atomic E-state index is 11.7. The Labute approximate surface area is 119 Å². The summed E-state index contributed by atoms with van der Waals surface area (Å²) in [6.07, 6.45) is 1.15. The van der Waals surface area contributed by atoms with Crippen LogP contribution in [0.2, 0.25) is 0 Å². The number of hydrazone groups is 1. The predicted octanol–water partition coefficient (Wildman–Crippen LogP) is 1.27. The molecule has 7 heteroatoms. The third-order valence-electron chi connectivity index (χ3n) is 2.58. The summed E-state index contributed by atoms with van der Waals surface area (Å²) in [4.78, 5) is 11.7. The first-order valence-electron chi connectivity index (χ1n) is 5.85. The smallest absolute Gasteiger partial charge is 0.271 e. The van der Waals surface area contributed by atoms with Gasteiger partial charge in [0.15, 0.2) is 11.5 Å². The number of hydrogen-bond donors (Lipinski definition) is 5. The zero-order chi connectivity index (χ0) is 15.4. The lowest BCUT2D eigenvalue weighted by Crippen LogP contribution is -2.17. The number of carbonyl (C=O) groups is 1. The Hall–Kier alpha value is -3.22. The Morgan fingerprint density at radius 2 is 1.71 bits per heavy atom. The molecule has 0 aliphatic rings. The molecule has 0 saturated heterocycles. The van der Waals surface area contributed by atoms with Crippen molar-refractivity contribution in [3.8, 4) is 23.0 Å². The van der Waals surface area contributed by atoms with Crippen LogP contribution in [0.25, 0.3) is 0 Å². The second-order valence-corrected chi connectivity index (χ2v) is 4.15. The quantitative estimate of drug-likeness (QED) is 0.331. The van der Waals surface area contributed by atoms with Crippen LogP contribution in [0.3, 0.4) is 0 Å². The van der Waals surface area contributed by atoms with Crippen molar-refractivity contribution < 1.29 is 25.2 Å². The van der Waals surface area contributed by atoms with E-state index in [-0.39, 0.29) is 34.1 Å². The number of carbonyl (C=O) groups excluding carboxylic acids is 1. The van der Waals surface area contributed by atoms with Crippen LogP contribution in [0.15, 0.2) is 41.5 Å². The number of nitrogens with zero attached hydrogens (tertiary/aromatic N) is 1. The molecule has 7 nitrogen and oxygen atoms in total. The Morgan fingerprint density at radius 3 is 2.38 bits per heavy atom. The van der Waals surface area contributed by atoms with E-state index in [2.05, 4.69) is 10.5 Å². The van der Waals surface area contributed by atoms with E-state index in [1.807, 2.05) is 0 Å². The van der Waals surface area contributed by atoms with E-state index in [0.717, 1.165) is 24.4 Å². The SMILES string of the molecule is O=C(NN=Cc1cccc(O)c1O)c1cc(O)cc(O)c1. The van der Waals surface area contributed by atoms with Gasteiger partial charge in [-0.2, -0.15) is 5.10 Å². The zero-order valence-electron chi connectivity index (χ0n) is 10.7. The molecule has 0 spiro atoms. The van der Waals surface area contributed by atoms with E-state index in [0.29, 0.717) is 0 Å². The first kappa shape index (κ1) is 14.2.